The Hall–Kier alpha value is -4.68. The fourth-order valence-corrected chi connectivity index (χ4v) is 7.02. The summed E-state index contributed by atoms with van der Waals surface area (Å²) in [6.45, 7) is 13.7. The molecule has 2 unspecified atom stereocenters. The van der Waals surface area contributed by atoms with Crippen LogP contribution in [0.4, 0.5) is 9.59 Å². The van der Waals surface area contributed by atoms with Crippen LogP contribution in [0.3, 0.4) is 0 Å². The molecule has 2 atom stereocenters. The lowest BCUT2D eigenvalue weighted by atomic mass is 9.88. The minimum atomic E-state index is -1.42. The zero-order chi connectivity index (χ0) is 36.1. The number of hydrogen-bond donors (Lipinski definition) is 3. The van der Waals surface area contributed by atoms with E-state index in [1.165, 1.54) is 4.90 Å². The number of ether oxygens (including phenoxy) is 2. The SMILES string of the molecule is Cc1ccc(C)c(COc2ccc(C3(NC(=O)NCc4ccccc4)CCN(CC4(C)C(=O)NC(=O)N4COCC[Si](C)(C)C)C3=O)cc2)c1. The topological polar surface area (TPSA) is 129 Å². The van der Waals surface area contributed by atoms with Gasteiger partial charge in [-0.25, -0.2) is 9.59 Å². The molecule has 3 N–H and O–H groups in total. The van der Waals surface area contributed by atoms with Gasteiger partial charge in [0.2, 0.25) is 0 Å². The predicted molar refractivity (Wildman–Crippen MR) is 194 cm³/mol. The second kappa shape index (κ2) is 15.1. The molecule has 0 aliphatic carbocycles. The summed E-state index contributed by atoms with van der Waals surface area (Å²) >= 11 is 0. The molecule has 3 aromatic carbocycles. The van der Waals surface area contributed by atoms with Crippen LogP contribution in [0.1, 0.15) is 41.2 Å². The number of carbonyl (C=O) groups excluding carboxylic acids is 4. The van der Waals surface area contributed by atoms with Crippen LogP contribution in [0.5, 0.6) is 5.75 Å². The van der Waals surface area contributed by atoms with Crippen molar-refractivity contribution in [2.75, 3.05) is 26.4 Å². The Morgan fingerprint density at radius 1 is 0.980 bits per heavy atom. The van der Waals surface area contributed by atoms with Crippen molar-refractivity contribution in [1.29, 1.82) is 0 Å². The standard InChI is InChI=1S/C38H49N5O6Si/c1-27-12-13-28(2)30(22-27)24-49-32-16-14-31(15-17-32)38(41-35(46)39-23-29-10-8-7-9-11-29)18-19-42(34(38)45)25-37(3)33(44)40-36(47)43(37)26-48-20-21-50(4,5)6/h7-17,22H,18-21,23-26H2,1-6H3,(H2,39,41,46)(H,40,44,47). The minimum absolute atomic E-state index is 0.0626. The van der Waals surface area contributed by atoms with E-state index in [1.807, 2.05) is 44.2 Å². The molecule has 0 radical (unpaired) electrons. The van der Waals surface area contributed by atoms with Crippen molar-refractivity contribution >= 4 is 32.0 Å². The summed E-state index contributed by atoms with van der Waals surface area (Å²) in [6, 6.07) is 22.8. The van der Waals surface area contributed by atoms with E-state index < -0.39 is 37.1 Å². The molecule has 2 aliphatic heterocycles. The Bertz CT molecular complexity index is 1710. The van der Waals surface area contributed by atoms with Crippen molar-refractivity contribution in [3.05, 3.63) is 101 Å². The first-order valence-corrected chi connectivity index (χ1v) is 20.8. The van der Waals surface area contributed by atoms with Crippen LogP contribution in [0.2, 0.25) is 25.7 Å². The summed E-state index contributed by atoms with van der Waals surface area (Å²) < 4.78 is 12.0. The van der Waals surface area contributed by atoms with Crippen molar-refractivity contribution in [3.8, 4) is 5.75 Å². The molecule has 2 heterocycles. The molecule has 2 aliphatic rings. The molecule has 0 bridgehead atoms. The maximum Gasteiger partial charge on any atom is 0.326 e. The number of amides is 6. The molecule has 50 heavy (non-hydrogen) atoms. The van der Waals surface area contributed by atoms with E-state index in [0.29, 0.717) is 24.5 Å². The van der Waals surface area contributed by atoms with Crippen molar-refractivity contribution in [2.45, 2.75) is 77.1 Å². The highest BCUT2D eigenvalue weighted by molar-refractivity contribution is 6.76. The van der Waals surface area contributed by atoms with Gasteiger partial charge in [-0.15, -0.1) is 0 Å². The summed E-state index contributed by atoms with van der Waals surface area (Å²) in [5.74, 6) is -0.246. The number of rotatable bonds is 14. The lowest BCUT2D eigenvalue weighted by Gasteiger charge is -2.36. The Morgan fingerprint density at radius 3 is 2.40 bits per heavy atom. The molecule has 2 saturated heterocycles. The van der Waals surface area contributed by atoms with Crippen LogP contribution < -0.4 is 20.7 Å². The summed E-state index contributed by atoms with van der Waals surface area (Å²) in [5, 5.41) is 8.27. The third kappa shape index (κ3) is 8.36. The molecular formula is C38H49N5O6Si. The van der Waals surface area contributed by atoms with Gasteiger partial charge in [-0.1, -0.05) is 85.9 Å². The number of imide groups is 1. The number of likely N-dealkylation sites (tertiary alicyclic amines) is 1. The van der Waals surface area contributed by atoms with Crippen LogP contribution in [0.15, 0.2) is 72.8 Å². The molecule has 0 saturated carbocycles. The Kier molecular flexibility index (Phi) is 11.0. The van der Waals surface area contributed by atoms with Crippen LogP contribution in [0, 0.1) is 13.8 Å². The van der Waals surface area contributed by atoms with Gasteiger partial charge < -0.3 is 25.0 Å². The number of carbonyl (C=O) groups is 4. The van der Waals surface area contributed by atoms with E-state index in [4.69, 9.17) is 9.47 Å². The monoisotopic (exact) mass is 699 g/mol. The van der Waals surface area contributed by atoms with Crippen molar-refractivity contribution in [1.82, 2.24) is 25.8 Å². The smallest absolute Gasteiger partial charge is 0.326 e. The largest absolute Gasteiger partial charge is 0.489 e. The van der Waals surface area contributed by atoms with Gasteiger partial charge in [-0.3, -0.25) is 19.8 Å². The maximum atomic E-state index is 14.5. The van der Waals surface area contributed by atoms with Gasteiger partial charge in [-0.05, 0) is 61.2 Å². The second-order valence-corrected chi connectivity index (χ2v) is 20.3. The summed E-state index contributed by atoms with van der Waals surface area (Å²) in [4.78, 5) is 56.9. The number of hydrogen-bond acceptors (Lipinski definition) is 6. The van der Waals surface area contributed by atoms with Gasteiger partial charge >= 0.3 is 12.1 Å². The molecule has 5 rings (SSSR count). The van der Waals surface area contributed by atoms with Crippen molar-refractivity contribution in [3.63, 3.8) is 0 Å². The van der Waals surface area contributed by atoms with Crippen molar-refractivity contribution < 1.29 is 28.7 Å². The zero-order valence-corrected chi connectivity index (χ0v) is 30.9. The van der Waals surface area contributed by atoms with Crippen molar-refractivity contribution in [2.24, 2.45) is 0 Å². The van der Waals surface area contributed by atoms with E-state index in [2.05, 4.69) is 53.8 Å². The fraction of sp³-hybridized carbons (Fsp3) is 0.421. The highest BCUT2D eigenvalue weighted by Gasteiger charge is 2.55. The number of urea groups is 2. The Morgan fingerprint density at radius 2 is 1.70 bits per heavy atom. The highest BCUT2D eigenvalue weighted by Crippen LogP contribution is 2.37. The lowest BCUT2D eigenvalue weighted by molar-refractivity contribution is -0.137. The summed E-state index contributed by atoms with van der Waals surface area (Å²) in [7, 11) is -1.37. The number of benzene rings is 3. The molecule has 2 fully saturated rings. The average molecular weight is 700 g/mol. The van der Waals surface area contributed by atoms with E-state index in [0.717, 1.165) is 28.3 Å². The lowest BCUT2D eigenvalue weighted by Crippen LogP contribution is -2.58. The van der Waals surface area contributed by atoms with Gasteiger partial charge in [0.25, 0.3) is 11.8 Å². The number of nitrogens with zero attached hydrogens (tertiary/aromatic N) is 2. The molecular weight excluding hydrogens is 651 g/mol. The van der Waals surface area contributed by atoms with Crippen LogP contribution in [-0.4, -0.2) is 73.7 Å². The van der Waals surface area contributed by atoms with Gasteiger partial charge in [0.05, 0.1) is 6.54 Å². The number of aryl methyl sites for hydroxylation is 2. The predicted octanol–water partition coefficient (Wildman–Crippen LogP) is 5.43. The van der Waals surface area contributed by atoms with E-state index >= 15 is 0 Å². The molecule has 6 amide bonds. The van der Waals surface area contributed by atoms with E-state index in [9.17, 15) is 19.2 Å². The van der Waals surface area contributed by atoms with Gasteiger partial charge in [0.15, 0.2) is 0 Å². The summed E-state index contributed by atoms with van der Waals surface area (Å²) in [5.41, 5.74) is 2.10. The zero-order valence-electron chi connectivity index (χ0n) is 29.9. The normalized spacial score (nSPS) is 20.6. The maximum absolute atomic E-state index is 14.5. The van der Waals surface area contributed by atoms with Crippen LogP contribution in [-0.2, 0) is 33.0 Å². The second-order valence-electron chi connectivity index (χ2n) is 14.7. The molecule has 3 aromatic rings. The third-order valence-corrected chi connectivity index (χ3v) is 11.2. The summed E-state index contributed by atoms with van der Waals surface area (Å²) in [6.07, 6.45) is 0.256. The first-order valence-electron chi connectivity index (χ1n) is 17.1. The van der Waals surface area contributed by atoms with Crippen LogP contribution >= 0.6 is 0 Å². The number of nitrogens with one attached hydrogen (secondary N) is 3. The fourth-order valence-electron chi connectivity index (χ4n) is 6.27. The molecule has 12 heteroatoms. The molecule has 266 valence electrons. The first-order chi connectivity index (χ1) is 23.7. The molecule has 0 aromatic heterocycles. The van der Waals surface area contributed by atoms with Gasteiger partial charge in [-0.2, -0.15) is 0 Å². The minimum Gasteiger partial charge on any atom is -0.489 e. The molecule has 11 nitrogen and oxygen atoms in total. The van der Waals surface area contributed by atoms with Gasteiger partial charge in [0, 0.05) is 34.2 Å². The average Bonchev–Trinajstić information content (AvgIpc) is 3.49. The van der Waals surface area contributed by atoms with E-state index in [-0.39, 0.29) is 38.7 Å². The molecule has 0 spiro atoms. The first kappa shape index (κ1) is 36.6. The highest BCUT2D eigenvalue weighted by atomic mass is 28.3. The quantitative estimate of drug-likeness (QED) is 0.117. The Labute approximate surface area is 295 Å². The van der Waals surface area contributed by atoms with Crippen LogP contribution in [0.25, 0.3) is 0 Å². The van der Waals surface area contributed by atoms with Gasteiger partial charge in [0.1, 0.15) is 30.2 Å². The van der Waals surface area contributed by atoms with E-state index in [1.54, 1.807) is 36.1 Å². The Balaban J connectivity index is 1.35. The third-order valence-electron chi connectivity index (χ3n) is 9.54.